The quantitative estimate of drug-likeness (QED) is 0.773. The van der Waals surface area contributed by atoms with Crippen LogP contribution in [0.2, 0.25) is 5.02 Å². The van der Waals surface area contributed by atoms with Crippen LogP contribution in [0.3, 0.4) is 0 Å². The van der Waals surface area contributed by atoms with Crippen LogP contribution in [0.5, 0.6) is 0 Å². The Morgan fingerprint density at radius 1 is 1.38 bits per heavy atom. The van der Waals surface area contributed by atoms with Crippen LogP contribution in [0.15, 0.2) is 16.6 Å². The Morgan fingerprint density at radius 3 is 2.76 bits per heavy atom. The summed E-state index contributed by atoms with van der Waals surface area (Å²) in [7, 11) is 0. The second-order valence-electron chi connectivity index (χ2n) is 4.93. The lowest BCUT2D eigenvalue weighted by Crippen LogP contribution is -2.37. The Kier molecular flexibility index (Phi) is 4.03. The summed E-state index contributed by atoms with van der Waals surface area (Å²) in [5.41, 5.74) is 2.29. The maximum Gasteiger partial charge on any atom is 0.133 e. The van der Waals surface area contributed by atoms with Gasteiger partial charge in [-0.3, -0.25) is 0 Å². The minimum atomic E-state index is 0.589. The van der Waals surface area contributed by atoms with Crippen LogP contribution < -0.4 is 4.90 Å². The molecule has 1 fully saturated rings. The molecule has 1 saturated heterocycles. The highest BCUT2D eigenvalue weighted by Gasteiger charge is 2.20. The number of rotatable bonds is 1. The molecule has 4 nitrogen and oxygen atoms in total. The molecule has 1 aromatic heterocycles. The van der Waals surface area contributed by atoms with Crippen LogP contribution in [-0.2, 0) is 4.74 Å². The van der Waals surface area contributed by atoms with Gasteiger partial charge in [0.1, 0.15) is 11.9 Å². The van der Waals surface area contributed by atoms with Crippen molar-refractivity contribution in [1.82, 2.24) is 4.98 Å². The van der Waals surface area contributed by atoms with Crippen LogP contribution in [0.1, 0.15) is 11.1 Å². The number of nitriles is 1. The Hall–Kier alpha value is -1.35. The predicted octanol–water partition coefficient (Wildman–Crippen LogP) is 3.67. The number of anilines is 1. The van der Waals surface area contributed by atoms with E-state index in [1.165, 1.54) is 0 Å². The molecule has 2 aromatic rings. The van der Waals surface area contributed by atoms with Gasteiger partial charge >= 0.3 is 0 Å². The largest absolute Gasteiger partial charge is 0.378 e. The Labute approximate surface area is 136 Å². The molecule has 0 N–H and O–H groups in total. The number of benzene rings is 1. The molecular formula is C15H13BrClN3O. The zero-order valence-corrected chi connectivity index (χ0v) is 13.8. The van der Waals surface area contributed by atoms with Crippen molar-refractivity contribution in [3.63, 3.8) is 0 Å². The van der Waals surface area contributed by atoms with Gasteiger partial charge in [0.05, 0.1) is 24.3 Å². The lowest BCUT2D eigenvalue weighted by molar-refractivity contribution is 0.122. The summed E-state index contributed by atoms with van der Waals surface area (Å²) >= 11 is 9.59. The number of hydrogen-bond acceptors (Lipinski definition) is 4. The van der Waals surface area contributed by atoms with Crippen LogP contribution in [0.25, 0.3) is 10.9 Å². The topological polar surface area (TPSA) is 49.1 Å². The van der Waals surface area contributed by atoms with Crippen LogP contribution in [0.4, 0.5) is 5.82 Å². The zero-order chi connectivity index (χ0) is 15.0. The Bertz CT molecular complexity index is 751. The molecule has 1 aromatic carbocycles. The van der Waals surface area contributed by atoms with E-state index >= 15 is 0 Å². The first kappa shape index (κ1) is 14.6. The van der Waals surface area contributed by atoms with Gasteiger partial charge in [-0.15, -0.1) is 0 Å². The van der Waals surface area contributed by atoms with E-state index in [-0.39, 0.29) is 0 Å². The van der Waals surface area contributed by atoms with Crippen molar-refractivity contribution in [3.05, 3.63) is 32.8 Å². The lowest BCUT2D eigenvalue weighted by Gasteiger charge is -2.29. The maximum absolute atomic E-state index is 9.54. The normalized spacial score (nSPS) is 15.2. The van der Waals surface area contributed by atoms with Crippen molar-refractivity contribution in [2.75, 3.05) is 31.2 Å². The number of pyridine rings is 1. The fourth-order valence-corrected chi connectivity index (χ4v) is 3.50. The molecular weight excluding hydrogens is 354 g/mol. The van der Waals surface area contributed by atoms with E-state index in [2.05, 4.69) is 26.9 Å². The van der Waals surface area contributed by atoms with Gasteiger partial charge in [-0.1, -0.05) is 11.6 Å². The van der Waals surface area contributed by atoms with Crippen molar-refractivity contribution in [2.24, 2.45) is 0 Å². The lowest BCUT2D eigenvalue weighted by atomic mass is 10.0. The summed E-state index contributed by atoms with van der Waals surface area (Å²) in [6.45, 7) is 4.88. The molecule has 108 valence electrons. The third kappa shape index (κ3) is 2.59. The van der Waals surface area contributed by atoms with E-state index in [1.54, 1.807) is 12.1 Å². The van der Waals surface area contributed by atoms with E-state index < -0.39 is 0 Å². The Morgan fingerprint density at radius 2 is 2.10 bits per heavy atom. The monoisotopic (exact) mass is 365 g/mol. The van der Waals surface area contributed by atoms with Crippen LogP contribution >= 0.6 is 27.5 Å². The van der Waals surface area contributed by atoms with E-state index in [9.17, 15) is 5.26 Å². The molecule has 2 heterocycles. The fraction of sp³-hybridized carbons (Fsp3) is 0.333. The molecule has 0 radical (unpaired) electrons. The average Bonchev–Trinajstić information content (AvgIpc) is 2.47. The number of fused-ring (bicyclic) bond motifs is 1. The van der Waals surface area contributed by atoms with Gasteiger partial charge in [0, 0.05) is 33.5 Å². The fourth-order valence-electron chi connectivity index (χ4n) is 2.60. The Balaban J connectivity index is 2.27. The second kappa shape index (κ2) is 5.80. The third-order valence-electron chi connectivity index (χ3n) is 3.65. The minimum Gasteiger partial charge on any atom is -0.378 e. The number of halogens is 2. The SMILES string of the molecule is Cc1c(N2CCOCC2)nc2c(Br)cc(Cl)cc2c1C#N. The molecule has 0 atom stereocenters. The third-order valence-corrected chi connectivity index (χ3v) is 4.47. The zero-order valence-electron chi connectivity index (χ0n) is 11.5. The molecule has 1 aliphatic rings. The summed E-state index contributed by atoms with van der Waals surface area (Å²) in [4.78, 5) is 6.93. The number of hydrogen-bond donors (Lipinski definition) is 0. The summed E-state index contributed by atoms with van der Waals surface area (Å²) in [5, 5.41) is 10.9. The van der Waals surface area contributed by atoms with Crippen molar-refractivity contribution >= 4 is 44.3 Å². The van der Waals surface area contributed by atoms with E-state index in [0.717, 1.165) is 39.8 Å². The first-order chi connectivity index (χ1) is 10.1. The number of morpholine rings is 1. The summed E-state index contributed by atoms with van der Waals surface area (Å²) in [6.07, 6.45) is 0. The van der Waals surface area contributed by atoms with Gasteiger partial charge in [0.2, 0.25) is 0 Å². The van der Waals surface area contributed by atoms with Gasteiger partial charge in [-0.05, 0) is 35.0 Å². The van der Waals surface area contributed by atoms with E-state index in [1.807, 2.05) is 6.92 Å². The number of aromatic nitrogens is 1. The molecule has 21 heavy (non-hydrogen) atoms. The summed E-state index contributed by atoms with van der Waals surface area (Å²) < 4.78 is 6.19. The first-order valence-corrected chi connectivity index (χ1v) is 7.81. The van der Waals surface area contributed by atoms with Gasteiger partial charge in [-0.2, -0.15) is 5.26 Å². The van der Waals surface area contributed by atoms with E-state index in [0.29, 0.717) is 23.8 Å². The molecule has 0 bridgehead atoms. The van der Waals surface area contributed by atoms with Crippen LogP contribution in [0, 0.1) is 18.3 Å². The van der Waals surface area contributed by atoms with Crippen molar-refractivity contribution in [3.8, 4) is 6.07 Å². The molecule has 0 amide bonds. The minimum absolute atomic E-state index is 0.589. The smallest absolute Gasteiger partial charge is 0.133 e. The summed E-state index contributed by atoms with van der Waals surface area (Å²) in [5.74, 6) is 0.852. The summed E-state index contributed by atoms with van der Waals surface area (Å²) in [6, 6.07) is 5.89. The van der Waals surface area contributed by atoms with Gasteiger partial charge in [-0.25, -0.2) is 4.98 Å². The number of ether oxygens (including phenoxy) is 1. The standard InChI is InChI=1S/C15H13BrClN3O/c1-9-12(8-18)11-6-10(17)7-13(16)14(11)19-15(9)20-2-4-21-5-3-20/h6-7H,2-5H2,1H3. The van der Waals surface area contributed by atoms with Crippen molar-refractivity contribution < 1.29 is 4.74 Å². The first-order valence-electron chi connectivity index (χ1n) is 6.64. The van der Waals surface area contributed by atoms with Gasteiger partial charge in [0.25, 0.3) is 0 Å². The highest BCUT2D eigenvalue weighted by Crippen LogP contribution is 2.34. The molecule has 0 saturated carbocycles. The van der Waals surface area contributed by atoms with Gasteiger partial charge < -0.3 is 9.64 Å². The van der Waals surface area contributed by atoms with Crippen molar-refractivity contribution in [2.45, 2.75) is 6.92 Å². The molecule has 0 unspecified atom stereocenters. The number of nitrogens with zero attached hydrogens (tertiary/aromatic N) is 3. The highest BCUT2D eigenvalue weighted by molar-refractivity contribution is 9.10. The maximum atomic E-state index is 9.54. The molecule has 0 aliphatic carbocycles. The van der Waals surface area contributed by atoms with E-state index in [4.69, 9.17) is 21.3 Å². The van der Waals surface area contributed by atoms with Crippen molar-refractivity contribution in [1.29, 1.82) is 5.26 Å². The molecule has 1 aliphatic heterocycles. The van der Waals surface area contributed by atoms with Crippen LogP contribution in [-0.4, -0.2) is 31.3 Å². The predicted molar refractivity (Wildman–Crippen MR) is 86.9 cm³/mol. The molecule has 0 spiro atoms. The molecule has 3 rings (SSSR count). The van der Waals surface area contributed by atoms with Gasteiger partial charge in [0.15, 0.2) is 0 Å². The second-order valence-corrected chi connectivity index (χ2v) is 6.22. The molecule has 6 heteroatoms. The average molecular weight is 367 g/mol. The highest BCUT2D eigenvalue weighted by atomic mass is 79.9.